The van der Waals surface area contributed by atoms with Crippen molar-refractivity contribution in [2.45, 2.75) is 18.0 Å². The molecule has 2 aromatic carbocycles. The molecule has 4 aromatic heterocycles. The van der Waals surface area contributed by atoms with E-state index >= 15 is 0 Å². The standard InChI is InChI=1S/C30H21F3N8O3S/c31-20-6-4-18(5-7-20)29-28(24-16-39(12-13-40(24)38-29)45(43,44)22-3-1-2-21(32)15-22)23-8-9-27-35-26(17-41(27)37-23)36-30(42)19-10-11-34-25(33)14-19/h1-11,14-15,17H,12-13,16H2,(H,36,42). The highest BCUT2D eigenvalue weighted by molar-refractivity contribution is 7.89. The third-order valence-corrected chi connectivity index (χ3v) is 9.14. The number of sulfonamides is 1. The van der Waals surface area contributed by atoms with Crippen LogP contribution in [0.4, 0.5) is 19.0 Å². The van der Waals surface area contributed by atoms with Crippen LogP contribution < -0.4 is 5.32 Å². The summed E-state index contributed by atoms with van der Waals surface area (Å²) in [5.74, 6) is -2.33. The number of nitrogens with zero attached hydrogens (tertiary/aromatic N) is 7. The number of anilines is 1. The summed E-state index contributed by atoms with van der Waals surface area (Å²) in [6, 6.07) is 16.3. The summed E-state index contributed by atoms with van der Waals surface area (Å²) in [6.45, 7) is 0.210. The maximum atomic E-state index is 13.9. The van der Waals surface area contributed by atoms with Crippen molar-refractivity contribution < 1.29 is 26.4 Å². The summed E-state index contributed by atoms with van der Waals surface area (Å²) >= 11 is 0. The number of amides is 1. The molecule has 0 radical (unpaired) electrons. The quantitative estimate of drug-likeness (QED) is 0.268. The number of imidazole rings is 1. The van der Waals surface area contributed by atoms with Gasteiger partial charge < -0.3 is 5.32 Å². The van der Waals surface area contributed by atoms with E-state index in [1.54, 1.807) is 28.9 Å². The number of hydrogen-bond donors (Lipinski definition) is 1. The minimum atomic E-state index is -4.06. The molecule has 0 aliphatic carbocycles. The van der Waals surface area contributed by atoms with Gasteiger partial charge in [0.05, 0.1) is 41.1 Å². The Hall–Kier alpha value is -5.41. The van der Waals surface area contributed by atoms with E-state index in [4.69, 9.17) is 5.10 Å². The number of benzene rings is 2. The maximum Gasteiger partial charge on any atom is 0.257 e. The first-order valence-electron chi connectivity index (χ1n) is 13.6. The molecule has 1 aliphatic rings. The lowest BCUT2D eigenvalue weighted by Crippen LogP contribution is -2.38. The second-order valence-corrected chi connectivity index (χ2v) is 12.1. The van der Waals surface area contributed by atoms with Crippen molar-refractivity contribution in [2.24, 2.45) is 0 Å². The molecule has 0 unspecified atom stereocenters. The van der Waals surface area contributed by atoms with Gasteiger partial charge >= 0.3 is 0 Å². The Kier molecular flexibility index (Phi) is 6.90. The molecule has 0 fully saturated rings. The first-order chi connectivity index (χ1) is 21.7. The second kappa shape index (κ2) is 10.9. The highest BCUT2D eigenvalue weighted by Gasteiger charge is 2.33. The third-order valence-electron chi connectivity index (χ3n) is 7.30. The predicted molar refractivity (Wildman–Crippen MR) is 156 cm³/mol. The molecule has 15 heteroatoms. The van der Waals surface area contributed by atoms with E-state index < -0.39 is 33.5 Å². The van der Waals surface area contributed by atoms with E-state index in [-0.39, 0.29) is 35.9 Å². The van der Waals surface area contributed by atoms with Crippen LogP contribution in [0.3, 0.4) is 0 Å². The van der Waals surface area contributed by atoms with Gasteiger partial charge in [-0.25, -0.2) is 31.7 Å². The van der Waals surface area contributed by atoms with Gasteiger partial charge in [-0.05, 0) is 60.7 Å². The van der Waals surface area contributed by atoms with E-state index in [2.05, 4.69) is 20.4 Å². The maximum absolute atomic E-state index is 13.9. The van der Waals surface area contributed by atoms with Crippen molar-refractivity contribution in [3.63, 3.8) is 0 Å². The molecule has 1 aliphatic heterocycles. The largest absolute Gasteiger partial charge is 0.305 e. The molecule has 6 aromatic rings. The molecular weight excluding hydrogens is 609 g/mol. The van der Waals surface area contributed by atoms with Gasteiger partial charge in [-0.1, -0.05) is 6.07 Å². The summed E-state index contributed by atoms with van der Waals surface area (Å²) in [6.07, 6.45) is 2.65. The summed E-state index contributed by atoms with van der Waals surface area (Å²) in [4.78, 5) is 20.3. The van der Waals surface area contributed by atoms with Gasteiger partial charge in [0.1, 0.15) is 17.3 Å². The van der Waals surface area contributed by atoms with Crippen molar-refractivity contribution in [2.75, 3.05) is 11.9 Å². The number of carbonyl (C=O) groups is 1. The Bertz CT molecular complexity index is 2220. The molecule has 226 valence electrons. The van der Waals surface area contributed by atoms with Crippen LogP contribution in [0, 0.1) is 17.6 Å². The zero-order valence-electron chi connectivity index (χ0n) is 23.1. The molecule has 11 nitrogen and oxygen atoms in total. The normalized spacial score (nSPS) is 13.6. The number of aromatic nitrogens is 6. The van der Waals surface area contributed by atoms with E-state index in [1.807, 2.05) is 0 Å². The highest BCUT2D eigenvalue weighted by atomic mass is 32.2. The number of hydrogen-bond acceptors (Lipinski definition) is 7. The molecule has 7 rings (SSSR count). The van der Waals surface area contributed by atoms with Gasteiger partial charge in [0.25, 0.3) is 5.91 Å². The van der Waals surface area contributed by atoms with E-state index in [0.717, 1.165) is 12.1 Å². The van der Waals surface area contributed by atoms with E-state index in [1.165, 1.54) is 57.6 Å². The second-order valence-electron chi connectivity index (χ2n) is 10.2. The van der Waals surface area contributed by atoms with E-state index in [0.29, 0.717) is 33.9 Å². The minimum absolute atomic E-state index is 0.0569. The fourth-order valence-corrected chi connectivity index (χ4v) is 6.59. The topological polar surface area (TPSA) is 127 Å². The average molecular weight is 631 g/mol. The number of fused-ring (bicyclic) bond motifs is 2. The average Bonchev–Trinajstić information content (AvgIpc) is 3.61. The molecule has 5 heterocycles. The Morgan fingerprint density at radius 2 is 1.71 bits per heavy atom. The number of halogens is 3. The zero-order chi connectivity index (χ0) is 31.3. The molecule has 0 bridgehead atoms. The number of nitrogens with one attached hydrogen (secondary N) is 1. The summed E-state index contributed by atoms with van der Waals surface area (Å²) in [7, 11) is -4.06. The van der Waals surface area contributed by atoms with Crippen LogP contribution >= 0.6 is 0 Å². The summed E-state index contributed by atoms with van der Waals surface area (Å²) in [5, 5.41) is 12.0. The van der Waals surface area contributed by atoms with Gasteiger partial charge in [0.15, 0.2) is 11.5 Å². The smallest absolute Gasteiger partial charge is 0.257 e. The number of pyridine rings is 1. The molecule has 0 atom stereocenters. The predicted octanol–water partition coefficient (Wildman–Crippen LogP) is 4.53. The van der Waals surface area contributed by atoms with Crippen LogP contribution in [-0.4, -0.2) is 54.5 Å². The van der Waals surface area contributed by atoms with Gasteiger partial charge in [-0.3, -0.25) is 9.48 Å². The van der Waals surface area contributed by atoms with Crippen molar-refractivity contribution >= 4 is 27.4 Å². The minimum Gasteiger partial charge on any atom is -0.305 e. The third kappa shape index (κ3) is 5.32. The lowest BCUT2D eigenvalue weighted by molar-refractivity contribution is 0.102. The SMILES string of the molecule is O=C(Nc1cn2nc(-c3c(-c4ccc(F)cc4)nn4c3CN(S(=O)(=O)c3cccc(F)c3)CC4)ccc2n1)c1ccnc(F)c1. The van der Waals surface area contributed by atoms with Gasteiger partial charge in [-0.15, -0.1) is 0 Å². The lowest BCUT2D eigenvalue weighted by Gasteiger charge is -2.27. The molecular formula is C30H21F3N8O3S. The number of carbonyl (C=O) groups excluding carboxylic acids is 1. The Morgan fingerprint density at radius 3 is 2.49 bits per heavy atom. The van der Waals surface area contributed by atoms with Crippen LogP contribution in [0.15, 0.2) is 90.1 Å². The monoisotopic (exact) mass is 630 g/mol. The van der Waals surface area contributed by atoms with E-state index in [9.17, 15) is 26.4 Å². The fourth-order valence-electron chi connectivity index (χ4n) is 5.16. The fraction of sp³-hybridized carbons (Fsp3) is 0.100. The van der Waals surface area contributed by atoms with Crippen LogP contribution in [-0.2, 0) is 23.1 Å². The molecule has 0 saturated heterocycles. The first-order valence-corrected chi connectivity index (χ1v) is 15.0. The molecule has 0 spiro atoms. The van der Waals surface area contributed by atoms with Crippen LogP contribution in [0.2, 0.25) is 0 Å². The van der Waals surface area contributed by atoms with Gasteiger partial charge in [0, 0.05) is 29.9 Å². The zero-order valence-corrected chi connectivity index (χ0v) is 23.9. The Morgan fingerprint density at radius 1 is 0.889 bits per heavy atom. The first kappa shape index (κ1) is 28.4. The Balaban J connectivity index is 1.29. The van der Waals surface area contributed by atoms with Crippen LogP contribution in [0.1, 0.15) is 16.1 Å². The lowest BCUT2D eigenvalue weighted by atomic mass is 10.0. The number of rotatable bonds is 6. The summed E-state index contributed by atoms with van der Waals surface area (Å²) in [5.41, 5.74) is 2.92. The molecule has 1 amide bonds. The Labute approximate surface area is 253 Å². The summed E-state index contributed by atoms with van der Waals surface area (Å²) < 4.78 is 72.6. The van der Waals surface area contributed by atoms with Crippen molar-refractivity contribution in [1.29, 1.82) is 0 Å². The van der Waals surface area contributed by atoms with Crippen molar-refractivity contribution in [1.82, 2.24) is 33.7 Å². The van der Waals surface area contributed by atoms with Crippen molar-refractivity contribution in [3.8, 4) is 22.5 Å². The van der Waals surface area contributed by atoms with Crippen molar-refractivity contribution in [3.05, 3.63) is 114 Å². The van der Waals surface area contributed by atoms with Crippen LogP contribution in [0.5, 0.6) is 0 Å². The van der Waals surface area contributed by atoms with Crippen LogP contribution in [0.25, 0.3) is 28.2 Å². The van der Waals surface area contributed by atoms with Gasteiger partial charge in [-0.2, -0.15) is 18.9 Å². The molecule has 45 heavy (non-hydrogen) atoms. The van der Waals surface area contributed by atoms with Gasteiger partial charge in [0.2, 0.25) is 16.0 Å². The molecule has 0 saturated carbocycles. The molecule has 1 N–H and O–H groups in total. The highest BCUT2D eigenvalue weighted by Crippen LogP contribution is 2.37.